The SMILES string of the molecule is CC1SCCCC1(CN)N1CCN(CCN(C)C)CC1. The zero-order chi connectivity index (χ0) is 14.6. The first-order valence-corrected chi connectivity index (χ1v) is 9.07. The van der Waals surface area contributed by atoms with Crippen LogP contribution in [0.4, 0.5) is 0 Å². The molecule has 0 aliphatic carbocycles. The van der Waals surface area contributed by atoms with Crippen molar-refractivity contribution in [3.63, 3.8) is 0 Å². The summed E-state index contributed by atoms with van der Waals surface area (Å²) in [5.41, 5.74) is 6.48. The van der Waals surface area contributed by atoms with E-state index in [-0.39, 0.29) is 5.54 Å². The molecule has 20 heavy (non-hydrogen) atoms. The van der Waals surface area contributed by atoms with Crippen molar-refractivity contribution in [2.24, 2.45) is 5.73 Å². The molecule has 0 radical (unpaired) electrons. The second-order valence-electron chi connectivity index (χ2n) is 6.56. The lowest BCUT2D eigenvalue weighted by Crippen LogP contribution is -2.65. The van der Waals surface area contributed by atoms with Gasteiger partial charge in [0, 0.05) is 56.6 Å². The fourth-order valence-corrected chi connectivity index (χ4v) is 4.91. The van der Waals surface area contributed by atoms with E-state index in [1.165, 1.54) is 51.3 Å². The van der Waals surface area contributed by atoms with Crippen LogP contribution in [0.15, 0.2) is 0 Å². The molecule has 4 nitrogen and oxygen atoms in total. The van der Waals surface area contributed by atoms with Gasteiger partial charge < -0.3 is 10.6 Å². The summed E-state index contributed by atoms with van der Waals surface area (Å²) in [7, 11) is 4.31. The zero-order valence-electron chi connectivity index (χ0n) is 13.5. The highest BCUT2D eigenvalue weighted by Crippen LogP contribution is 2.38. The monoisotopic (exact) mass is 300 g/mol. The van der Waals surface area contributed by atoms with E-state index < -0.39 is 0 Å². The lowest BCUT2D eigenvalue weighted by molar-refractivity contribution is 0.0275. The van der Waals surface area contributed by atoms with Gasteiger partial charge in [-0.25, -0.2) is 0 Å². The first-order valence-electron chi connectivity index (χ1n) is 8.02. The highest BCUT2D eigenvalue weighted by molar-refractivity contribution is 8.00. The fraction of sp³-hybridized carbons (Fsp3) is 1.00. The van der Waals surface area contributed by atoms with Gasteiger partial charge in [0.2, 0.25) is 0 Å². The Morgan fingerprint density at radius 2 is 1.95 bits per heavy atom. The third-order valence-electron chi connectivity index (χ3n) is 5.10. The Morgan fingerprint density at radius 3 is 2.50 bits per heavy atom. The van der Waals surface area contributed by atoms with Crippen LogP contribution in [0.25, 0.3) is 0 Å². The van der Waals surface area contributed by atoms with E-state index >= 15 is 0 Å². The number of hydrogen-bond acceptors (Lipinski definition) is 5. The molecule has 0 aromatic rings. The second-order valence-corrected chi connectivity index (χ2v) is 8.00. The summed E-state index contributed by atoms with van der Waals surface area (Å²) in [6.45, 7) is 10.3. The largest absolute Gasteiger partial charge is 0.329 e. The molecule has 2 saturated heterocycles. The zero-order valence-corrected chi connectivity index (χ0v) is 14.3. The van der Waals surface area contributed by atoms with Gasteiger partial charge in [-0.15, -0.1) is 0 Å². The minimum Gasteiger partial charge on any atom is -0.329 e. The van der Waals surface area contributed by atoms with Crippen molar-refractivity contribution < 1.29 is 0 Å². The standard InChI is InChI=1S/C15H32N4S/c1-14-15(13-16,5-4-12-20-14)19-10-8-18(9-11-19)7-6-17(2)3/h14H,4-13,16H2,1-3H3. The van der Waals surface area contributed by atoms with Crippen molar-refractivity contribution in [2.45, 2.75) is 30.6 Å². The van der Waals surface area contributed by atoms with Gasteiger partial charge in [-0.05, 0) is 32.7 Å². The molecule has 2 aliphatic heterocycles. The van der Waals surface area contributed by atoms with Gasteiger partial charge in [0.05, 0.1) is 0 Å². The molecule has 0 saturated carbocycles. The van der Waals surface area contributed by atoms with Crippen LogP contribution in [-0.2, 0) is 0 Å². The van der Waals surface area contributed by atoms with Crippen LogP contribution in [0.5, 0.6) is 0 Å². The number of nitrogens with zero attached hydrogens (tertiary/aromatic N) is 3. The minimum atomic E-state index is 0.260. The predicted octanol–water partition coefficient (Wildman–Crippen LogP) is 0.779. The first-order chi connectivity index (χ1) is 9.58. The van der Waals surface area contributed by atoms with E-state index in [0.717, 1.165) is 13.1 Å². The highest BCUT2D eigenvalue weighted by Gasteiger charge is 2.43. The molecule has 5 heteroatoms. The van der Waals surface area contributed by atoms with Crippen molar-refractivity contribution in [1.82, 2.24) is 14.7 Å². The lowest BCUT2D eigenvalue weighted by Gasteiger charge is -2.52. The first kappa shape index (κ1) is 16.6. The van der Waals surface area contributed by atoms with E-state index in [1.807, 2.05) is 0 Å². The molecule has 0 amide bonds. The molecular formula is C15H32N4S. The van der Waals surface area contributed by atoms with Crippen LogP contribution >= 0.6 is 11.8 Å². The third kappa shape index (κ3) is 3.69. The Bertz CT molecular complexity index is 292. The van der Waals surface area contributed by atoms with Crippen molar-refractivity contribution in [3.8, 4) is 0 Å². The van der Waals surface area contributed by atoms with Gasteiger partial charge >= 0.3 is 0 Å². The van der Waals surface area contributed by atoms with Crippen LogP contribution in [0, 0.1) is 0 Å². The van der Waals surface area contributed by atoms with Gasteiger partial charge in [0.15, 0.2) is 0 Å². The number of rotatable bonds is 5. The summed E-state index contributed by atoms with van der Waals surface area (Å²) in [4.78, 5) is 7.57. The molecule has 0 aromatic heterocycles. The van der Waals surface area contributed by atoms with Gasteiger partial charge in [0.1, 0.15) is 0 Å². The Labute approximate surface area is 129 Å². The Kier molecular flexibility index (Phi) is 6.17. The Hall–Kier alpha value is 0.190. The van der Waals surface area contributed by atoms with E-state index in [0.29, 0.717) is 5.25 Å². The molecule has 118 valence electrons. The third-order valence-corrected chi connectivity index (χ3v) is 6.56. The maximum absolute atomic E-state index is 6.22. The molecule has 0 bridgehead atoms. The van der Waals surface area contributed by atoms with Crippen LogP contribution in [0.1, 0.15) is 19.8 Å². The molecule has 2 heterocycles. The van der Waals surface area contributed by atoms with Crippen molar-refractivity contribution in [1.29, 1.82) is 0 Å². The van der Waals surface area contributed by atoms with E-state index in [9.17, 15) is 0 Å². The summed E-state index contributed by atoms with van der Waals surface area (Å²) >= 11 is 2.12. The quantitative estimate of drug-likeness (QED) is 0.812. The number of nitrogens with two attached hydrogens (primary N) is 1. The lowest BCUT2D eigenvalue weighted by atomic mass is 9.87. The predicted molar refractivity (Wildman–Crippen MR) is 89.5 cm³/mol. The summed E-state index contributed by atoms with van der Waals surface area (Å²) in [5, 5.41) is 0.676. The molecule has 2 unspecified atom stereocenters. The summed E-state index contributed by atoms with van der Waals surface area (Å²) in [5.74, 6) is 1.31. The van der Waals surface area contributed by atoms with Crippen molar-refractivity contribution in [3.05, 3.63) is 0 Å². The average Bonchev–Trinajstić information content (AvgIpc) is 2.46. The number of thioether (sulfide) groups is 1. The van der Waals surface area contributed by atoms with E-state index in [4.69, 9.17) is 5.73 Å². The molecule has 2 fully saturated rings. The topological polar surface area (TPSA) is 35.7 Å². The number of piperazine rings is 1. The number of hydrogen-bond donors (Lipinski definition) is 1. The van der Waals surface area contributed by atoms with Crippen molar-refractivity contribution in [2.75, 3.05) is 65.7 Å². The van der Waals surface area contributed by atoms with Crippen LogP contribution in [0.3, 0.4) is 0 Å². The van der Waals surface area contributed by atoms with Gasteiger partial charge in [0.25, 0.3) is 0 Å². The van der Waals surface area contributed by atoms with Crippen LogP contribution in [-0.4, -0.2) is 91.2 Å². The smallest absolute Gasteiger partial charge is 0.0448 e. The van der Waals surface area contributed by atoms with Crippen LogP contribution in [0.2, 0.25) is 0 Å². The second kappa shape index (κ2) is 7.45. The van der Waals surface area contributed by atoms with Crippen LogP contribution < -0.4 is 5.73 Å². The molecule has 2 aliphatic rings. The molecule has 0 aromatic carbocycles. The molecule has 2 N–H and O–H groups in total. The fourth-order valence-electron chi connectivity index (χ4n) is 3.57. The Balaban J connectivity index is 1.88. The molecule has 0 spiro atoms. The summed E-state index contributed by atoms with van der Waals surface area (Å²) in [6.07, 6.45) is 2.61. The molecule has 2 atom stereocenters. The maximum atomic E-state index is 6.22. The van der Waals surface area contributed by atoms with Gasteiger partial charge in [-0.1, -0.05) is 6.92 Å². The summed E-state index contributed by atoms with van der Waals surface area (Å²) < 4.78 is 0. The normalized spacial score (nSPS) is 33.8. The minimum absolute atomic E-state index is 0.260. The van der Waals surface area contributed by atoms with Gasteiger partial charge in [-0.3, -0.25) is 9.80 Å². The highest BCUT2D eigenvalue weighted by atomic mass is 32.2. The van der Waals surface area contributed by atoms with E-state index in [2.05, 4.69) is 47.5 Å². The summed E-state index contributed by atoms with van der Waals surface area (Å²) in [6, 6.07) is 0. The Morgan fingerprint density at radius 1 is 1.25 bits per heavy atom. The molecule has 2 rings (SSSR count). The number of likely N-dealkylation sites (N-methyl/N-ethyl adjacent to an activating group) is 1. The van der Waals surface area contributed by atoms with Gasteiger partial charge in [-0.2, -0.15) is 11.8 Å². The van der Waals surface area contributed by atoms with Crippen molar-refractivity contribution >= 4 is 11.8 Å². The molecular weight excluding hydrogens is 268 g/mol. The maximum Gasteiger partial charge on any atom is 0.0448 e. The average molecular weight is 301 g/mol. The van der Waals surface area contributed by atoms with E-state index in [1.54, 1.807) is 0 Å².